The fourth-order valence-corrected chi connectivity index (χ4v) is 4.50. The van der Waals surface area contributed by atoms with Crippen molar-refractivity contribution in [2.45, 2.75) is 56.8 Å². The number of aliphatic carboxylic acids is 1. The van der Waals surface area contributed by atoms with Gasteiger partial charge in [-0.2, -0.15) is 0 Å². The number of hydrogen-bond donors (Lipinski definition) is 3. The Kier molecular flexibility index (Phi) is 8.09. The quantitative estimate of drug-likeness (QED) is 0.548. The topological polar surface area (TPSA) is 96.2 Å². The summed E-state index contributed by atoms with van der Waals surface area (Å²) in [6.07, 6.45) is 6.75. The first-order valence-electron chi connectivity index (χ1n) is 10.6. The van der Waals surface area contributed by atoms with Crippen molar-refractivity contribution in [3.63, 3.8) is 0 Å². The molecule has 1 saturated carbocycles. The molecule has 29 heavy (non-hydrogen) atoms. The van der Waals surface area contributed by atoms with Gasteiger partial charge in [0.15, 0.2) is 0 Å². The van der Waals surface area contributed by atoms with E-state index in [2.05, 4.69) is 0 Å². The molecule has 2 aliphatic rings. The average Bonchev–Trinajstić information content (AvgIpc) is 2.87. The van der Waals surface area contributed by atoms with Gasteiger partial charge in [0.05, 0.1) is 12.2 Å². The van der Waals surface area contributed by atoms with Crippen LogP contribution in [0.25, 0.3) is 0 Å². The van der Waals surface area contributed by atoms with E-state index in [0.29, 0.717) is 31.1 Å². The molecule has 1 aliphatic heterocycles. The minimum atomic E-state index is -0.750. The minimum absolute atomic E-state index is 0.0295. The Morgan fingerprint density at radius 3 is 2.83 bits per heavy atom. The highest BCUT2D eigenvalue weighted by molar-refractivity contribution is 5.66. The van der Waals surface area contributed by atoms with Crippen molar-refractivity contribution in [2.24, 2.45) is 17.8 Å². The second-order valence-corrected chi connectivity index (χ2v) is 8.22. The number of aliphatic hydroxyl groups is 2. The Bertz CT molecular complexity index is 661. The third-order valence-electron chi connectivity index (χ3n) is 6.07. The van der Waals surface area contributed by atoms with Gasteiger partial charge in [-0.15, -0.1) is 0 Å². The maximum Gasteiger partial charge on any atom is 0.303 e. The number of benzene rings is 1. The summed E-state index contributed by atoms with van der Waals surface area (Å²) < 4.78 is 11.7. The second-order valence-electron chi connectivity index (χ2n) is 8.22. The average molecular weight is 405 g/mol. The predicted octanol–water partition coefficient (Wildman–Crippen LogP) is 3.03. The lowest BCUT2D eigenvalue weighted by Gasteiger charge is -2.21. The van der Waals surface area contributed by atoms with Crippen molar-refractivity contribution in [3.05, 3.63) is 42.5 Å². The molecular formula is C23H32O6. The number of rotatable bonds is 9. The predicted molar refractivity (Wildman–Crippen MR) is 109 cm³/mol. The molecule has 2 fully saturated rings. The molecule has 6 atom stereocenters. The first kappa shape index (κ1) is 21.8. The lowest BCUT2D eigenvalue weighted by Crippen LogP contribution is -2.22. The summed E-state index contributed by atoms with van der Waals surface area (Å²) >= 11 is 0. The Hall–Kier alpha value is -1.89. The van der Waals surface area contributed by atoms with Crippen molar-refractivity contribution in [1.29, 1.82) is 0 Å². The fraction of sp³-hybridized carbons (Fsp3) is 0.609. The third kappa shape index (κ3) is 6.56. The highest BCUT2D eigenvalue weighted by Crippen LogP contribution is 2.42. The molecule has 0 spiro atoms. The Morgan fingerprint density at radius 1 is 1.28 bits per heavy atom. The molecule has 0 amide bonds. The standard InChI is InChI=1S/C23H32O6/c24-17(15-28-18-6-2-1-3-7-18)10-12-19-20-11-9-16(5-4-8-23(26)27)14-29-22(20)13-21(19)25/h1-3,6-7,10,12,16-17,19-22,24-25H,4-5,8-9,11,13-15H2,(H,26,27)/b12-10+/t16-,17?,19+,20+,21+,22-/m0/s1. The number of carboxylic acid groups (broad SMARTS) is 1. The zero-order chi connectivity index (χ0) is 20.6. The van der Waals surface area contributed by atoms with Gasteiger partial charge in [-0.25, -0.2) is 0 Å². The van der Waals surface area contributed by atoms with Crippen LogP contribution in [0.4, 0.5) is 0 Å². The summed E-state index contributed by atoms with van der Waals surface area (Å²) in [7, 11) is 0. The largest absolute Gasteiger partial charge is 0.491 e. The van der Waals surface area contributed by atoms with E-state index in [0.717, 1.165) is 19.3 Å². The normalized spacial score (nSPS) is 30.6. The van der Waals surface area contributed by atoms with Gasteiger partial charge in [0, 0.05) is 25.4 Å². The van der Waals surface area contributed by atoms with Crippen LogP contribution in [-0.2, 0) is 9.53 Å². The summed E-state index contributed by atoms with van der Waals surface area (Å²) in [5, 5.41) is 29.5. The smallest absolute Gasteiger partial charge is 0.303 e. The van der Waals surface area contributed by atoms with E-state index < -0.39 is 18.2 Å². The minimum Gasteiger partial charge on any atom is -0.491 e. The van der Waals surface area contributed by atoms with Crippen molar-refractivity contribution >= 4 is 5.97 Å². The van der Waals surface area contributed by atoms with Crippen LogP contribution in [0.5, 0.6) is 5.75 Å². The van der Waals surface area contributed by atoms with Crippen LogP contribution in [0.1, 0.15) is 38.5 Å². The van der Waals surface area contributed by atoms with Gasteiger partial charge in [-0.05, 0) is 49.7 Å². The third-order valence-corrected chi connectivity index (χ3v) is 6.07. The van der Waals surface area contributed by atoms with Gasteiger partial charge in [-0.3, -0.25) is 4.79 Å². The first-order chi connectivity index (χ1) is 14.0. The van der Waals surface area contributed by atoms with E-state index in [9.17, 15) is 15.0 Å². The molecule has 0 aromatic heterocycles. The van der Waals surface area contributed by atoms with E-state index in [1.165, 1.54) is 0 Å². The van der Waals surface area contributed by atoms with Crippen LogP contribution in [-0.4, -0.2) is 52.8 Å². The number of aliphatic hydroxyl groups excluding tert-OH is 2. The van der Waals surface area contributed by atoms with Crippen LogP contribution in [0.3, 0.4) is 0 Å². The molecule has 1 saturated heterocycles. The molecule has 1 aromatic rings. The van der Waals surface area contributed by atoms with Crippen molar-refractivity contribution in [1.82, 2.24) is 0 Å². The Labute approximate surface area is 172 Å². The molecule has 0 radical (unpaired) electrons. The molecule has 6 heteroatoms. The molecule has 6 nitrogen and oxygen atoms in total. The molecule has 1 aliphatic carbocycles. The molecular weight excluding hydrogens is 372 g/mol. The summed E-state index contributed by atoms with van der Waals surface area (Å²) in [5.41, 5.74) is 0. The van der Waals surface area contributed by atoms with E-state index in [1.54, 1.807) is 6.08 Å². The van der Waals surface area contributed by atoms with Crippen LogP contribution in [0.2, 0.25) is 0 Å². The van der Waals surface area contributed by atoms with Crippen molar-refractivity contribution in [2.75, 3.05) is 13.2 Å². The highest BCUT2D eigenvalue weighted by atomic mass is 16.5. The number of ether oxygens (including phenoxy) is 2. The van der Waals surface area contributed by atoms with Gasteiger partial charge in [0.2, 0.25) is 0 Å². The molecule has 1 heterocycles. The molecule has 0 bridgehead atoms. The Balaban J connectivity index is 1.49. The number of carbonyl (C=O) groups is 1. The van der Waals surface area contributed by atoms with Crippen molar-refractivity contribution in [3.8, 4) is 5.75 Å². The van der Waals surface area contributed by atoms with Crippen LogP contribution < -0.4 is 4.74 Å². The summed E-state index contributed by atoms with van der Waals surface area (Å²) in [6, 6.07) is 9.36. The summed E-state index contributed by atoms with van der Waals surface area (Å²) in [5.74, 6) is 0.537. The van der Waals surface area contributed by atoms with E-state index in [-0.39, 0.29) is 31.0 Å². The fourth-order valence-electron chi connectivity index (χ4n) is 4.50. The maximum absolute atomic E-state index is 10.7. The molecule has 3 rings (SSSR count). The summed E-state index contributed by atoms with van der Waals surface area (Å²) in [4.78, 5) is 10.7. The molecule has 160 valence electrons. The van der Waals surface area contributed by atoms with Gasteiger partial charge in [0.25, 0.3) is 0 Å². The molecule has 1 unspecified atom stereocenters. The Morgan fingerprint density at radius 2 is 2.07 bits per heavy atom. The maximum atomic E-state index is 10.7. The lowest BCUT2D eigenvalue weighted by atomic mass is 9.86. The SMILES string of the molecule is O=C(O)CCC[C@H]1CC[C@@H]2[C@@H](/C=C/C(O)COc3ccccc3)[C@H](O)C[C@@H]2OC1. The van der Waals surface area contributed by atoms with E-state index >= 15 is 0 Å². The molecule has 3 N–H and O–H groups in total. The van der Waals surface area contributed by atoms with Crippen molar-refractivity contribution < 1.29 is 29.6 Å². The second kappa shape index (κ2) is 10.8. The van der Waals surface area contributed by atoms with Crippen LogP contribution in [0, 0.1) is 17.8 Å². The zero-order valence-corrected chi connectivity index (χ0v) is 16.7. The van der Waals surface area contributed by atoms with Gasteiger partial charge >= 0.3 is 5.97 Å². The van der Waals surface area contributed by atoms with Crippen LogP contribution in [0.15, 0.2) is 42.5 Å². The lowest BCUT2D eigenvalue weighted by molar-refractivity contribution is -0.137. The number of para-hydroxylation sites is 1. The zero-order valence-electron chi connectivity index (χ0n) is 16.7. The number of hydrogen-bond acceptors (Lipinski definition) is 5. The monoisotopic (exact) mass is 404 g/mol. The van der Waals surface area contributed by atoms with Crippen LogP contribution >= 0.6 is 0 Å². The van der Waals surface area contributed by atoms with E-state index in [4.69, 9.17) is 14.6 Å². The number of fused-ring (bicyclic) bond motifs is 1. The first-order valence-corrected chi connectivity index (χ1v) is 10.6. The molecule has 1 aromatic carbocycles. The van der Waals surface area contributed by atoms with Gasteiger partial charge < -0.3 is 24.8 Å². The summed E-state index contributed by atoms with van der Waals surface area (Å²) in [6.45, 7) is 0.803. The number of carboxylic acids is 1. The van der Waals surface area contributed by atoms with E-state index in [1.807, 2.05) is 36.4 Å². The highest BCUT2D eigenvalue weighted by Gasteiger charge is 2.43. The van der Waals surface area contributed by atoms with Gasteiger partial charge in [-0.1, -0.05) is 30.4 Å². The van der Waals surface area contributed by atoms with Gasteiger partial charge in [0.1, 0.15) is 18.5 Å².